The summed E-state index contributed by atoms with van der Waals surface area (Å²) in [5.41, 5.74) is 0.502. The molecule has 2 aromatic rings. The molecule has 0 spiro atoms. The molecule has 1 aromatic carbocycles. The summed E-state index contributed by atoms with van der Waals surface area (Å²) >= 11 is 0. The number of hydroxylamine groups is 2. The number of benzene rings is 1. The molecular weight excluding hydrogens is 625 g/mol. The van der Waals surface area contributed by atoms with Crippen molar-refractivity contribution in [2.24, 2.45) is 5.92 Å². The fourth-order valence-electron chi connectivity index (χ4n) is 5.27. The minimum Gasteiger partial charge on any atom is -0.494 e. The molecule has 0 fully saturated rings. The largest absolute Gasteiger partial charge is 0.494 e. The lowest BCUT2D eigenvalue weighted by Gasteiger charge is -2.31. The summed E-state index contributed by atoms with van der Waals surface area (Å²) in [7, 11) is -2.37. The number of amides is 3. The van der Waals surface area contributed by atoms with Gasteiger partial charge in [0.15, 0.2) is 14.1 Å². The van der Waals surface area contributed by atoms with E-state index < -0.39 is 32.2 Å². The highest BCUT2D eigenvalue weighted by Crippen LogP contribution is 2.31. The fraction of sp³-hybridized carbons (Fsp3) is 0.588. The van der Waals surface area contributed by atoms with Crippen molar-refractivity contribution in [1.29, 1.82) is 0 Å². The second-order valence-electron chi connectivity index (χ2n) is 11.3. The normalized spacial score (nSPS) is 12.3. The molecule has 0 bridgehead atoms. The number of furan rings is 1. The van der Waals surface area contributed by atoms with Gasteiger partial charge in [0.25, 0.3) is 5.91 Å². The second kappa shape index (κ2) is 22.2. The van der Waals surface area contributed by atoms with Crippen LogP contribution in [0.5, 0.6) is 5.75 Å². The minimum absolute atomic E-state index is 0.0109. The lowest BCUT2D eigenvalue weighted by molar-refractivity contribution is -0.204. The maximum atomic E-state index is 13.4. The number of nitrogens with one attached hydrogen (secondary N) is 2. The van der Waals surface area contributed by atoms with E-state index in [0.29, 0.717) is 49.4 Å². The maximum absolute atomic E-state index is 13.4. The van der Waals surface area contributed by atoms with Crippen LogP contribution in [0.4, 0.5) is 0 Å². The number of carbonyl (C=O) groups excluding carboxylic acids is 4. The van der Waals surface area contributed by atoms with E-state index in [1.54, 1.807) is 18.2 Å². The van der Waals surface area contributed by atoms with Crippen molar-refractivity contribution < 1.29 is 43.0 Å². The number of hydrogen-bond donors (Lipinski definition) is 4. The van der Waals surface area contributed by atoms with Gasteiger partial charge in [0.05, 0.1) is 25.2 Å². The van der Waals surface area contributed by atoms with Crippen LogP contribution >= 0.6 is 8.38 Å². The molecule has 0 aliphatic rings. The van der Waals surface area contributed by atoms with E-state index in [1.807, 2.05) is 13.8 Å². The quantitative estimate of drug-likeness (QED) is 0.0358. The van der Waals surface area contributed by atoms with Crippen molar-refractivity contribution in [2.45, 2.75) is 111 Å². The average Bonchev–Trinajstić information content (AvgIpc) is 3.56. The van der Waals surface area contributed by atoms with Crippen molar-refractivity contribution in [3.63, 3.8) is 0 Å². The van der Waals surface area contributed by atoms with Gasteiger partial charge >= 0.3 is 5.97 Å². The molecule has 12 nitrogen and oxygen atoms in total. The highest BCUT2D eigenvalue weighted by atomic mass is 31.2. The van der Waals surface area contributed by atoms with Crippen LogP contribution in [0.3, 0.4) is 0 Å². The Morgan fingerprint density at radius 3 is 2.30 bits per heavy atom. The molecular formula is C34H52N3O9P. The molecule has 0 aliphatic heterocycles. The monoisotopic (exact) mass is 677 g/mol. The lowest BCUT2D eigenvalue weighted by Crippen LogP contribution is -2.49. The van der Waals surface area contributed by atoms with Crippen LogP contribution in [0.1, 0.15) is 115 Å². The molecule has 13 heteroatoms. The number of carbonyl (C=O) groups is 4. The van der Waals surface area contributed by atoms with Gasteiger partial charge in [-0.1, -0.05) is 72.1 Å². The Balaban J connectivity index is 2.03. The van der Waals surface area contributed by atoms with E-state index in [2.05, 4.69) is 24.5 Å². The summed E-state index contributed by atoms with van der Waals surface area (Å²) < 4.78 is 11.2. The molecule has 1 heterocycles. The molecule has 4 N–H and O–H groups in total. The zero-order valence-electron chi connectivity index (χ0n) is 28.2. The molecule has 0 radical (unpaired) electrons. The number of ether oxygens (including phenoxy) is 1. The zero-order valence-corrected chi connectivity index (χ0v) is 29.1. The van der Waals surface area contributed by atoms with Crippen molar-refractivity contribution in [3.05, 3.63) is 36.1 Å². The average molecular weight is 678 g/mol. The predicted molar refractivity (Wildman–Crippen MR) is 180 cm³/mol. The summed E-state index contributed by atoms with van der Waals surface area (Å²) in [6, 6.07) is 7.14. The van der Waals surface area contributed by atoms with Crippen LogP contribution < -0.4 is 20.7 Å². The van der Waals surface area contributed by atoms with Gasteiger partial charge in [-0.2, -0.15) is 5.06 Å². The first-order valence-electron chi connectivity index (χ1n) is 16.7. The standard InChI is InChI=1S/C34H52N3O9P/c1-5-9-11-12-13-15-17-32(39)46-37(24-38)29(7-3)28(16-14-10-6-2)33(40)35-23-36-34(41)31-19-18-30(45-31)25-20-26(44-8-4)22-27(21-25)47(42)43/h18-22,24,28-29,42-43H,5-17,23H2,1-4H3,(H,35,40)(H,36,41). The second-order valence-corrected chi connectivity index (χ2v) is 12.4. The van der Waals surface area contributed by atoms with Gasteiger partial charge in [0.1, 0.15) is 11.5 Å². The van der Waals surface area contributed by atoms with Crippen molar-refractivity contribution in [3.8, 4) is 17.1 Å². The molecule has 262 valence electrons. The van der Waals surface area contributed by atoms with Crippen molar-refractivity contribution in [1.82, 2.24) is 15.7 Å². The summed E-state index contributed by atoms with van der Waals surface area (Å²) in [6.07, 6.45) is 10.2. The fourth-order valence-corrected chi connectivity index (χ4v) is 5.77. The molecule has 0 saturated carbocycles. The van der Waals surface area contributed by atoms with Gasteiger partial charge in [-0.3, -0.25) is 14.4 Å². The summed E-state index contributed by atoms with van der Waals surface area (Å²) in [5.74, 6) is -1.38. The first-order chi connectivity index (χ1) is 22.7. The van der Waals surface area contributed by atoms with Crippen molar-refractivity contribution in [2.75, 3.05) is 13.3 Å². The van der Waals surface area contributed by atoms with Gasteiger partial charge in [-0.25, -0.2) is 4.79 Å². The third-order valence-electron chi connectivity index (χ3n) is 7.77. The molecule has 0 aliphatic carbocycles. The van der Waals surface area contributed by atoms with E-state index in [1.165, 1.54) is 18.6 Å². The number of unbranched alkanes of at least 4 members (excludes halogenated alkanes) is 7. The Hall–Kier alpha value is -3.47. The molecule has 2 unspecified atom stereocenters. The minimum atomic E-state index is -2.37. The third kappa shape index (κ3) is 13.7. The van der Waals surface area contributed by atoms with Crippen LogP contribution in [-0.4, -0.2) is 58.4 Å². The van der Waals surface area contributed by atoms with Crippen molar-refractivity contribution >= 4 is 37.9 Å². The van der Waals surface area contributed by atoms with Gasteiger partial charge < -0.3 is 34.4 Å². The SMILES string of the molecule is CCCCCCCCC(=O)ON(C=O)C(CC)C(CCCCC)C(=O)NCNC(=O)c1ccc(-c2cc(OCC)cc(P(O)O)c2)o1. The van der Waals surface area contributed by atoms with Crippen LogP contribution in [0.2, 0.25) is 0 Å². The first-order valence-corrected chi connectivity index (χ1v) is 18.0. The maximum Gasteiger partial charge on any atom is 0.332 e. The van der Waals surface area contributed by atoms with E-state index >= 15 is 0 Å². The molecule has 0 saturated heterocycles. The zero-order chi connectivity index (χ0) is 34.6. The highest BCUT2D eigenvalue weighted by Gasteiger charge is 2.33. The summed E-state index contributed by atoms with van der Waals surface area (Å²) in [4.78, 5) is 75.7. The van der Waals surface area contributed by atoms with Gasteiger partial charge in [0, 0.05) is 17.3 Å². The highest BCUT2D eigenvalue weighted by molar-refractivity contribution is 7.54. The topological polar surface area (TPSA) is 168 Å². The Labute approximate surface area is 279 Å². The van der Waals surface area contributed by atoms with Crippen LogP contribution in [0.25, 0.3) is 11.3 Å². The number of rotatable bonds is 24. The van der Waals surface area contributed by atoms with Crippen LogP contribution in [0.15, 0.2) is 34.7 Å². The molecule has 1 aromatic heterocycles. The molecule has 2 rings (SSSR count). The molecule has 3 amide bonds. The van der Waals surface area contributed by atoms with Gasteiger partial charge in [-0.15, -0.1) is 0 Å². The first kappa shape index (κ1) is 39.7. The third-order valence-corrected chi connectivity index (χ3v) is 8.49. The Morgan fingerprint density at radius 1 is 0.936 bits per heavy atom. The van der Waals surface area contributed by atoms with E-state index in [0.717, 1.165) is 50.0 Å². The Morgan fingerprint density at radius 2 is 1.64 bits per heavy atom. The summed E-state index contributed by atoms with van der Waals surface area (Å²) in [6.45, 7) is 8.01. The molecule has 47 heavy (non-hydrogen) atoms. The summed E-state index contributed by atoms with van der Waals surface area (Å²) in [5, 5.41) is 6.59. The lowest BCUT2D eigenvalue weighted by atomic mass is 9.90. The van der Waals surface area contributed by atoms with Gasteiger partial charge in [-0.05, 0) is 56.5 Å². The Kier molecular flexibility index (Phi) is 18.7. The van der Waals surface area contributed by atoms with E-state index in [4.69, 9.17) is 14.0 Å². The number of hydrogen-bond acceptors (Lipinski definition) is 9. The molecule has 2 atom stereocenters. The van der Waals surface area contributed by atoms with E-state index in [-0.39, 0.29) is 30.1 Å². The van der Waals surface area contributed by atoms with Crippen LogP contribution in [-0.2, 0) is 19.2 Å². The van der Waals surface area contributed by atoms with Crippen LogP contribution in [0, 0.1) is 5.92 Å². The van der Waals surface area contributed by atoms with Gasteiger partial charge in [0.2, 0.25) is 12.3 Å². The van der Waals surface area contributed by atoms with E-state index in [9.17, 15) is 29.0 Å². The number of nitrogens with zero attached hydrogens (tertiary/aromatic N) is 1. The predicted octanol–water partition coefficient (Wildman–Crippen LogP) is 5.71. The Bertz CT molecular complexity index is 1250. The smallest absolute Gasteiger partial charge is 0.332 e.